The summed E-state index contributed by atoms with van der Waals surface area (Å²) in [4.78, 5) is 30.1. The number of anilines is 2. The van der Waals surface area contributed by atoms with Gasteiger partial charge in [-0.1, -0.05) is 49.4 Å². The lowest BCUT2D eigenvalue weighted by Gasteiger charge is -2.51. The maximum absolute atomic E-state index is 13.2. The van der Waals surface area contributed by atoms with Crippen molar-refractivity contribution in [2.24, 2.45) is 0 Å². The minimum Gasteiger partial charge on any atom is -0.303 e. The predicted molar refractivity (Wildman–Crippen MR) is 150 cm³/mol. The van der Waals surface area contributed by atoms with Crippen LogP contribution in [-0.2, 0) is 15.0 Å². The fourth-order valence-corrected chi connectivity index (χ4v) is 6.39. The Morgan fingerprint density at radius 2 is 1.44 bits per heavy atom. The molecule has 0 aromatic heterocycles. The third-order valence-electron chi connectivity index (χ3n) is 7.64. The van der Waals surface area contributed by atoms with E-state index in [1.807, 2.05) is 29.7 Å². The van der Waals surface area contributed by atoms with Crippen LogP contribution in [0.3, 0.4) is 0 Å². The van der Waals surface area contributed by atoms with Crippen LogP contribution >= 0.6 is 0 Å². The van der Waals surface area contributed by atoms with Gasteiger partial charge in [0.25, 0.3) is 11.8 Å². The van der Waals surface area contributed by atoms with Crippen molar-refractivity contribution in [1.29, 1.82) is 0 Å². The summed E-state index contributed by atoms with van der Waals surface area (Å²) in [6.07, 6.45) is 9.82. The molecule has 2 aromatic rings. The molecule has 188 valence electrons. The third-order valence-corrected chi connectivity index (χ3v) is 7.64. The van der Waals surface area contributed by atoms with Crippen LogP contribution < -0.4 is 9.80 Å². The van der Waals surface area contributed by atoms with Crippen molar-refractivity contribution in [2.45, 2.75) is 78.3 Å². The summed E-state index contributed by atoms with van der Waals surface area (Å²) in [5.41, 5.74) is 5.33. The highest BCUT2D eigenvalue weighted by Gasteiger charge is 2.47. The van der Waals surface area contributed by atoms with Gasteiger partial charge in [0.1, 0.15) is 0 Å². The van der Waals surface area contributed by atoms with E-state index in [1.54, 1.807) is 24.3 Å². The second-order valence-electron chi connectivity index (χ2n) is 11.4. The number of rotatable bonds is 3. The molecule has 0 saturated heterocycles. The molecule has 4 heteroatoms. The highest BCUT2D eigenvalue weighted by Crippen LogP contribution is 2.52. The molecule has 0 bridgehead atoms. The van der Waals surface area contributed by atoms with Crippen LogP contribution in [0.1, 0.15) is 78.5 Å². The van der Waals surface area contributed by atoms with Crippen molar-refractivity contribution in [3.05, 3.63) is 89.5 Å². The van der Waals surface area contributed by atoms with E-state index in [0.717, 1.165) is 28.9 Å². The van der Waals surface area contributed by atoms with Gasteiger partial charge in [-0.3, -0.25) is 14.5 Å². The zero-order chi connectivity index (χ0) is 26.5. The van der Waals surface area contributed by atoms with E-state index >= 15 is 0 Å². The Bertz CT molecular complexity index is 1310. The average molecular weight is 483 g/mol. The number of hydrogen-bond acceptors (Lipinski definition) is 2. The summed E-state index contributed by atoms with van der Waals surface area (Å²) in [6.45, 7) is 16.6. The first kappa shape index (κ1) is 25.7. The minimum absolute atomic E-state index is 0.00147. The van der Waals surface area contributed by atoms with E-state index in [0.29, 0.717) is 0 Å². The van der Waals surface area contributed by atoms with Crippen LogP contribution in [-0.4, -0.2) is 22.9 Å². The van der Waals surface area contributed by atoms with Crippen molar-refractivity contribution in [3.8, 4) is 0 Å². The maximum atomic E-state index is 13.2. The topological polar surface area (TPSA) is 40.6 Å². The van der Waals surface area contributed by atoms with Gasteiger partial charge >= 0.3 is 0 Å². The first-order chi connectivity index (χ1) is 16.9. The van der Waals surface area contributed by atoms with Crippen molar-refractivity contribution in [3.63, 3.8) is 0 Å². The highest BCUT2D eigenvalue weighted by molar-refractivity contribution is 6.06. The first-order valence-electron chi connectivity index (χ1n) is 12.7. The van der Waals surface area contributed by atoms with Crippen LogP contribution in [0.15, 0.2) is 72.8 Å². The highest BCUT2D eigenvalue weighted by atomic mass is 16.2. The molecule has 2 amide bonds. The molecule has 0 N–H and O–H groups in total. The van der Waals surface area contributed by atoms with Gasteiger partial charge in [-0.25, -0.2) is 0 Å². The summed E-state index contributed by atoms with van der Waals surface area (Å²) in [7, 11) is 0. The molecule has 0 radical (unpaired) electrons. The van der Waals surface area contributed by atoms with Crippen LogP contribution in [0.5, 0.6) is 0 Å². The summed E-state index contributed by atoms with van der Waals surface area (Å²) in [5.74, 6) is -0.0182. The fourth-order valence-electron chi connectivity index (χ4n) is 6.39. The lowest BCUT2D eigenvalue weighted by atomic mass is 9.64. The second kappa shape index (κ2) is 8.92. The summed E-state index contributed by atoms with van der Waals surface area (Å²) in [5, 5.41) is 0. The molecule has 4 rings (SSSR count). The van der Waals surface area contributed by atoms with E-state index in [9.17, 15) is 9.59 Å². The number of carbonyl (C=O) groups excluding carboxylic acids is 2. The molecule has 0 unspecified atom stereocenters. The number of benzene rings is 2. The van der Waals surface area contributed by atoms with Gasteiger partial charge in [-0.05, 0) is 102 Å². The van der Waals surface area contributed by atoms with E-state index in [4.69, 9.17) is 0 Å². The molecule has 36 heavy (non-hydrogen) atoms. The molecule has 0 spiro atoms. The summed E-state index contributed by atoms with van der Waals surface area (Å²) >= 11 is 0. The van der Waals surface area contributed by atoms with Gasteiger partial charge < -0.3 is 4.90 Å². The van der Waals surface area contributed by atoms with E-state index < -0.39 is 11.1 Å². The van der Waals surface area contributed by atoms with E-state index in [1.165, 1.54) is 11.1 Å². The molecule has 0 fully saturated rings. The van der Waals surface area contributed by atoms with Crippen molar-refractivity contribution in [1.82, 2.24) is 0 Å². The Morgan fingerprint density at radius 1 is 0.833 bits per heavy atom. The SMILES string of the molecule is C/C=C/C(=O)N1c2ccc([C@]3(C)CC(C)(C)N(C(=O)/C=C/C)c4ccccc43)cc2C(C)=CC1(C)C. The van der Waals surface area contributed by atoms with Crippen LogP contribution in [0.25, 0.3) is 5.57 Å². The lowest BCUT2D eigenvalue weighted by Crippen LogP contribution is -2.55. The monoisotopic (exact) mass is 482 g/mol. The van der Waals surface area contributed by atoms with Gasteiger partial charge in [0.05, 0.1) is 11.2 Å². The molecule has 2 aromatic carbocycles. The molecule has 0 saturated carbocycles. The molecule has 2 aliphatic heterocycles. The summed E-state index contributed by atoms with van der Waals surface area (Å²) in [6, 6.07) is 14.8. The normalized spacial score (nSPS) is 22.4. The quantitative estimate of drug-likeness (QED) is 0.435. The molecule has 2 heterocycles. The number of allylic oxidation sites excluding steroid dienone is 3. The van der Waals surface area contributed by atoms with Gasteiger partial charge in [-0.2, -0.15) is 0 Å². The van der Waals surface area contributed by atoms with Gasteiger partial charge in [0.2, 0.25) is 0 Å². The van der Waals surface area contributed by atoms with E-state index in [-0.39, 0.29) is 17.2 Å². The van der Waals surface area contributed by atoms with Crippen LogP contribution in [0.4, 0.5) is 11.4 Å². The van der Waals surface area contributed by atoms with Crippen molar-refractivity contribution in [2.75, 3.05) is 9.80 Å². The van der Waals surface area contributed by atoms with E-state index in [2.05, 4.69) is 84.0 Å². The number of amides is 2. The van der Waals surface area contributed by atoms with Gasteiger partial charge in [0, 0.05) is 22.2 Å². The fraction of sp³-hybridized carbons (Fsp3) is 0.375. The zero-order valence-corrected chi connectivity index (χ0v) is 22.8. The third kappa shape index (κ3) is 4.03. The predicted octanol–water partition coefficient (Wildman–Crippen LogP) is 7.19. The van der Waals surface area contributed by atoms with Crippen molar-refractivity contribution < 1.29 is 9.59 Å². The molecule has 2 aliphatic rings. The number of carbonyl (C=O) groups is 2. The Kier molecular flexibility index (Phi) is 6.36. The number of nitrogens with zero attached hydrogens (tertiary/aromatic N) is 2. The van der Waals surface area contributed by atoms with Gasteiger partial charge in [-0.15, -0.1) is 0 Å². The second-order valence-corrected chi connectivity index (χ2v) is 11.4. The number of hydrogen-bond donors (Lipinski definition) is 0. The number of fused-ring (bicyclic) bond motifs is 2. The average Bonchev–Trinajstić information content (AvgIpc) is 2.78. The smallest absolute Gasteiger partial charge is 0.251 e. The summed E-state index contributed by atoms with van der Waals surface area (Å²) < 4.78 is 0. The zero-order valence-electron chi connectivity index (χ0n) is 22.8. The Morgan fingerprint density at radius 3 is 2.08 bits per heavy atom. The maximum Gasteiger partial charge on any atom is 0.251 e. The Balaban J connectivity index is 1.91. The lowest BCUT2D eigenvalue weighted by molar-refractivity contribution is -0.116. The molecule has 1 atom stereocenters. The Hall–Kier alpha value is -3.40. The largest absolute Gasteiger partial charge is 0.303 e. The van der Waals surface area contributed by atoms with Crippen LogP contribution in [0, 0.1) is 0 Å². The van der Waals surface area contributed by atoms with Gasteiger partial charge in [0.15, 0.2) is 0 Å². The number of para-hydroxylation sites is 1. The molecule has 4 nitrogen and oxygen atoms in total. The Labute approximate surface area is 216 Å². The standard InChI is InChI=1S/C32H38N2O2/c1-9-13-28(35)33-26-18-17-23(19-24(26)22(3)20-30(33,4)5)32(8)21-31(6,7)34(29(36)14-10-2)27-16-12-11-15-25(27)32/h9-20H,21H2,1-8H3/b13-9+,14-10+/t32-/m0/s1. The van der Waals surface area contributed by atoms with Crippen LogP contribution in [0.2, 0.25) is 0 Å². The molecular formula is C32H38N2O2. The molecule has 0 aliphatic carbocycles. The molecular weight excluding hydrogens is 444 g/mol. The first-order valence-corrected chi connectivity index (χ1v) is 12.7. The van der Waals surface area contributed by atoms with Crippen molar-refractivity contribution >= 4 is 28.8 Å². The minimum atomic E-state index is -0.424.